The minimum atomic E-state index is -2.35. The largest absolute Gasteiger partial charge is 0.374 e. The normalized spacial score (nSPS) is 31.8. The third-order valence-electron chi connectivity index (χ3n) is 3.49. The van der Waals surface area contributed by atoms with Crippen LogP contribution in [0.25, 0.3) is 0 Å². The van der Waals surface area contributed by atoms with Crippen LogP contribution >= 0.6 is 0 Å². The van der Waals surface area contributed by atoms with E-state index >= 15 is 0 Å². The Labute approximate surface area is 95.0 Å². The van der Waals surface area contributed by atoms with Crippen molar-refractivity contribution in [1.29, 1.82) is 0 Å². The lowest BCUT2D eigenvalue weighted by atomic mass is 9.94. The van der Waals surface area contributed by atoms with Crippen LogP contribution in [0, 0.1) is 17.8 Å². The van der Waals surface area contributed by atoms with Crippen molar-refractivity contribution in [1.82, 2.24) is 5.32 Å². The summed E-state index contributed by atoms with van der Waals surface area (Å²) in [7, 11) is 0. The molecular weight excluding hydrogens is 212 g/mol. The number of ether oxygens (including phenoxy) is 1. The number of allylic oxidation sites excluding steroid dienone is 2. The van der Waals surface area contributed by atoms with Crippen molar-refractivity contribution in [3.63, 3.8) is 0 Å². The average Bonchev–Trinajstić information content (AvgIpc) is 2.84. The molecule has 0 aromatic heterocycles. The van der Waals surface area contributed by atoms with E-state index < -0.39 is 13.0 Å². The monoisotopic (exact) mass is 231 g/mol. The second-order valence-corrected chi connectivity index (χ2v) is 4.71. The molecule has 0 saturated heterocycles. The Morgan fingerprint density at radius 3 is 2.81 bits per heavy atom. The van der Waals surface area contributed by atoms with Gasteiger partial charge in [-0.15, -0.1) is 0 Å². The van der Waals surface area contributed by atoms with Crippen molar-refractivity contribution in [3.8, 4) is 0 Å². The quantitative estimate of drug-likeness (QED) is 0.535. The Bertz CT molecular complexity index is 245. The summed E-state index contributed by atoms with van der Waals surface area (Å²) in [5, 5.41) is 3.28. The van der Waals surface area contributed by atoms with Crippen molar-refractivity contribution in [3.05, 3.63) is 12.2 Å². The van der Waals surface area contributed by atoms with E-state index in [9.17, 15) is 8.78 Å². The Hall–Kier alpha value is -0.480. The fourth-order valence-electron chi connectivity index (χ4n) is 2.73. The van der Waals surface area contributed by atoms with Crippen molar-refractivity contribution in [2.45, 2.75) is 19.3 Å². The zero-order valence-corrected chi connectivity index (χ0v) is 9.37. The first-order valence-electron chi connectivity index (χ1n) is 6.00. The lowest BCUT2D eigenvalue weighted by Gasteiger charge is -2.18. The van der Waals surface area contributed by atoms with Gasteiger partial charge in [0, 0.05) is 6.54 Å². The number of hydrogen-bond acceptors (Lipinski definition) is 2. The molecule has 0 aromatic carbocycles. The minimum Gasteiger partial charge on any atom is -0.374 e. The van der Waals surface area contributed by atoms with Gasteiger partial charge in [0.25, 0.3) is 6.43 Å². The molecule has 92 valence electrons. The highest BCUT2D eigenvalue weighted by molar-refractivity contribution is 5.10. The van der Waals surface area contributed by atoms with Crippen molar-refractivity contribution < 1.29 is 13.5 Å². The van der Waals surface area contributed by atoms with Gasteiger partial charge in [-0.3, -0.25) is 0 Å². The third kappa shape index (κ3) is 3.25. The van der Waals surface area contributed by atoms with Crippen LogP contribution in [0.15, 0.2) is 12.2 Å². The van der Waals surface area contributed by atoms with E-state index in [0.29, 0.717) is 13.2 Å². The first kappa shape index (κ1) is 12.0. The highest BCUT2D eigenvalue weighted by atomic mass is 19.3. The third-order valence-corrected chi connectivity index (χ3v) is 3.49. The van der Waals surface area contributed by atoms with E-state index in [1.54, 1.807) is 0 Å². The molecule has 2 nitrogen and oxygen atoms in total. The minimum absolute atomic E-state index is 0.376. The lowest BCUT2D eigenvalue weighted by molar-refractivity contribution is 0.0185. The SMILES string of the molecule is FC(F)COCCNCC1CC2C=CC1C2. The van der Waals surface area contributed by atoms with Crippen LogP contribution in [0.4, 0.5) is 8.78 Å². The van der Waals surface area contributed by atoms with Crippen LogP contribution in [-0.4, -0.2) is 32.7 Å². The van der Waals surface area contributed by atoms with Crippen LogP contribution < -0.4 is 5.32 Å². The molecule has 2 aliphatic rings. The predicted molar refractivity (Wildman–Crippen MR) is 58.5 cm³/mol. The second kappa shape index (κ2) is 5.73. The maximum Gasteiger partial charge on any atom is 0.261 e. The van der Waals surface area contributed by atoms with Gasteiger partial charge < -0.3 is 10.1 Å². The topological polar surface area (TPSA) is 21.3 Å². The molecule has 0 spiro atoms. The first-order chi connectivity index (χ1) is 7.75. The summed E-state index contributed by atoms with van der Waals surface area (Å²) < 4.78 is 28.3. The lowest BCUT2D eigenvalue weighted by Crippen LogP contribution is -2.28. The predicted octanol–water partition coefficient (Wildman–Crippen LogP) is 2.07. The molecule has 0 aromatic rings. The molecule has 3 atom stereocenters. The molecule has 1 N–H and O–H groups in total. The Morgan fingerprint density at radius 1 is 1.31 bits per heavy atom. The van der Waals surface area contributed by atoms with Gasteiger partial charge in [-0.2, -0.15) is 0 Å². The van der Waals surface area contributed by atoms with Crippen molar-refractivity contribution in [2.24, 2.45) is 17.8 Å². The van der Waals surface area contributed by atoms with Crippen LogP contribution in [0.5, 0.6) is 0 Å². The molecule has 0 amide bonds. The fourth-order valence-corrected chi connectivity index (χ4v) is 2.73. The summed E-state index contributed by atoms with van der Waals surface area (Å²) in [4.78, 5) is 0. The summed E-state index contributed by atoms with van der Waals surface area (Å²) in [6.07, 6.45) is 4.90. The summed E-state index contributed by atoms with van der Waals surface area (Å²) in [5.74, 6) is 2.29. The van der Waals surface area contributed by atoms with Gasteiger partial charge in [0.05, 0.1) is 6.61 Å². The molecule has 4 heteroatoms. The highest BCUT2D eigenvalue weighted by Gasteiger charge is 2.34. The van der Waals surface area contributed by atoms with Gasteiger partial charge in [-0.05, 0) is 37.1 Å². The van der Waals surface area contributed by atoms with Gasteiger partial charge >= 0.3 is 0 Å². The molecule has 2 aliphatic carbocycles. The van der Waals surface area contributed by atoms with Crippen LogP contribution in [-0.2, 0) is 4.74 Å². The summed E-state index contributed by atoms with van der Waals surface area (Å²) >= 11 is 0. The molecule has 16 heavy (non-hydrogen) atoms. The van der Waals surface area contributed by atoms with Gasteiger partial charge in [0.1, 0.15) is 6.61 Å². The number of nitrogens with one attached hydrogen (secondary N) is 1. The smallest absolute Gasteiger partial charge is 0.261 e. The molecule has 0 radical (unpaired) electrons. The van der Waals surface area contributed by atoms with Crippen LogP contribution in [0.1, 0.15) is 12.8 Å². The Kier molecular flexibility index (Phi) is 4.29. The molecule has 3 unspecified atom stereocenters. The van der Waals surface area contributed by atoms with Crippen molar-refractivity contribution >= 4 is 0 Å². The van der Waals surface area contributed by atoms with E-state index in [-0.39, 0.29) is 0 Å². The molecule has 1 saturated carbocycles. The van der Waals surface area contributed by atoms with E-state index in [4.69, 9.17) is 4.74 Å². The molecular formula is C12H19F2NO. The zero-order chi connectivity index (χ0) is 11.4. The molecule has 0 aliphatic heterocycles. The van der Waals surface area contributed by atoms with E-state index in [2.05, 4.69) is 17.5 Å². The first-order valence-corrected chi connectivity index (χ1v) is 6.00. The maximum absolute atomic E-state index is 11.7. The molecule has 0 heterocycles. The summed E-state index contributed by atoms with van der Waals surface area (Å²) in [6.45, 7) is 1.59. The number of halogens is 2. The van der Waals surface area contributed by atoms with E-state index in [0.717, 1.165) is 24.3 Å². The standard InChI is InChI=1S/C12H19F2NO/c13-12(14)8-16-4-3-15-7-11-6-9-1-2-10(11)5-9/h1-2,9-12,15H,3-8H2. The molecule has 2 rings (SSSR count). The molecule has 2 bridgehead atoms. The van der Waals surface area contributed by atoms with E-state index in [1.165, 1.54) is 12.8 Å². The van der Waals surface area contributed by atoms with E-state index in [1.807, 2.05) is 0 Å². The highest BCUT2D eigenvalue weighted by Crippen LogP contribution is 2.42. The Balaban J connectivity index is 1.48. The number of fused-ring (bicyclic) bond motifs is 2. The van der Waals surface area contributed by atoms with Gasteiger partial charge in [0.15, 0.2) is 0 Å². The summed E-state index contributed by atoms with van der Waals surface area (Å²) in [6, 6.07) is 0. The second-order valence-electron chi connectivity index (χ2n) is 4.71. The number of alkyl halides is 2. The van der Waals surface area contributed by atoms with Gasteiger partial charge in [-0.25, -0.2) is 8.78 Å². The maximum atomic E-state index is 11.7. The van der Waals surface area contributed by atoms with Crippen molar-refractivity contribution in [2.75, 3.05) is 26.3 Å². The average molecular weight is 231 g/mol. The van der Waals surface area contributed by atoms with Crippen LogP contribution in [0.3, 0.4) is 0 Å². The summed E-state index contributed by atoms with van der Waals surface area (Å²) in [5.41, 5.74) is 0. The van der Waals surface area contributed by atoms with Gasteiger partial charge in [0.2, 0.25) is 0 Å². The fraction of sp³-hybridized carbons (Fsp3) is 0.833. The number of rotatable bonds is 7. The van der Waals surface area contributed by atoms with Gasteiger partial charge in [-0.1, -0.05) is 12.2 Å². The Morgan fingerprint density at radius 2 is 2.19 bits per heavy atom. The number of hydrogen-bond donors (Lipinski definition) is 1. The molecule has 1 fully saturated rings. The van der Waals surface area contributed by atoms with Crippen LogP contribution in [0.2, 0.25) is 0 Å². The zero-order valence-electron chi connectivity index (χ0n) is 9.37.